The molecule has 1 amide bonds. The van der Waals surface area contributed by atoms with Crippen molar-refractivity contribution in [3.05, 3.63) is 69.0 Å². The first-order valence-electron chi connectivity index (χ1n) is 7.78. The Kier molecular flexibility index (Phi) is 4.69. The molecule has 0 spiro atoms. The fourth-order valence-corrected chi connectivity index (χ4v) is 3.84. The van der Waals surface area contributed by atoms with Gasteiger partial charge in [0, 0.05) is 23.5 Å². The van der Waals surface area contributed by atoms with Gasteiger partial charge in [-0.05, 0) is 18.2 Å². The lowest BCUT2D eigenvalue weighted by molar-refractivity contribution is -0.667. The molecule has 4 aromatic heterocycles. The number of thiazole rings is 1. The smallest absolute Gasteiger partial charge is 0.337 e. The molecule has 0 aliphatic carbocycles. The van der Waals surface area contributed by atoms with E-state index in [1.54, 1.807) is 39.6 Å². The molecule has 2 N–H and O–H groups in total. The van der Waals surface area contributed by atoms with Crippen LogP contribution in [0.3, 0.4) is 0 Å². The number of nitrogens with one attached hydrogen (secondary N) is 1. The molecule has 0 unspecified atom stereocenters. The van der Waals surface area contributed by atoms with Crippen molar-refractivity contribution in [2.24, 2.45) is 0 Å². The molecule has 0 saturated heterocycles. The highest BCUT2D eigenvalue weighted by atomic mass is 35.5. The number of nitrogens with zero attached hydrogens (tertiary/aromatic N) is 4. The topological polar surface area (TPSA) is 83.4 Å². The first kappa shape index (κ1) is 17.7. The first-order chi connectivity index (χ1) is 13.0. The van der Waals surface area contributed by atoms with E-state index in [0.29, 0.717) is 27.5 Å². The van der Waals surface area contributed by atoms with Gasteiger partial charge in [0.05, 0.1) is 11.1 Å². The quantitative estimate of drug-likeness (QED) is 0.495. The second-order valence-corrected chi connectivity index (χ2v) is 7.71. The van der Waals surface area contributed by atoms with Crippen molar-refractivity contribution in [2.45, 2.75) is 6.54 Å². The molecular formula is C17H12Cl2N5O2S+. The predicted octanol–water partition coefficient (Wildman–Crippen LogP) is 3.39. The van der Waals surface area contributed by atoms with E-state index in [-0.39, 0.29) is 11.6 Å². The zero-order valence-corrected chi connectivity index (χ0v) is 16.0. The van der Waals surface area contributed by atoms with Gasteiger partial charge in [-0.2, -0.15) is 8.97 Å². The number of aromatic nitrogens is 4. The minimum atomic E-state index is -0.510. The summed E-state index contributed by atoms with van der Waals surface area (Å²) in [5, 5.41) is 13.9. The largest absolute Gasteiger partial charge is 0.474 e. The molecule has 0 saturated carbocycles. The molecule has 0 aromatic carbocycles. The molecule has 0 bridgehead atoms. The van der Waals surface area contributed by atoms with E-state index in [9.17, 15) is 9.90 Å². The second kappa shape index (κ2) is 7.15. The van der Waals surface area contributed by atoms with Crippen molar-refractivity contribution < 1.29 is 14.5 Å². The van der Waals surface area contributed by atoms with Gasteiger partial charge in [0.2, 0.25) is 0 Å². The van der Waals surface area contributed by atoms with Crippen molar-refractivity contribution >= 4 is 51.9 Å². The molecule has 4 aromatic rings. The number of anilines is 1. The summed E-state index contributed by atoms with van der Waals surface area (Å²) in [7, 11) is 0. The van der Waals surface area contributed by atoms with Gasteiger partial charge < -0.3 is 10.4 Å². The second-order valence-electron chi connectivity index (χ2n) is 5.58. The van der Waals surface area contributed by atoms with E-state index in [2.05, 4.69) is 15.3 Å². The van der Waals surface area contributed by atoms with Crippen LogP contribution in [0.5, 0.6) is 5.88 Å². The SMILES string of the molecule is O=C(Nc1cc(Cl)ccn1)c1c(O)[n+](Cc2cnc(Cl)s2)c2ccccn12. The van der Waals surface area contributed by atoms with Crippen LogP contribution in [0, 0.1) is 0 Å². The average molecular weight is 421 g/mol. The van der Waals surface area contributed by atoms with Gasteiger partial charge in [-0.25, -0.2) is 9.97 Å². The Hall–Kier alpha value is -2.68. The van der Waals surface area contributed by atoms with Crippen LogP contribution in [0.2, 0.25) is 9.49 Å². The maximum atomic E-state index is 12.8. The summed E-state index contributed by atoms with van der Waals surface area (Å²) < 4.78 is 3.64. The summed E-state index contributed by atoms with van der Waals surface area (Å²) in [6.45, 7) is 0.326. The van der Waals surface area contributed by atoms with Crippen molar-refractivity contribution in [3.8, 4) is 5.88 Å². The summed E-state index contributed by atoms with van der Waals surface area (Å²) in [4.78, 5) is 21.7. The third kappa shape index (κ3) is 3.46. The van der Waals surface area contributed by atoms with Gasteiger partial charge in [0.25, 0.3) is 11.3 Å². The van der Waals surface area contributed by atoms with Gasteiger partial charge in [0.1, 0.15) is 12.4 Å². The Morgan fingerprint density at radius 1 is 1.30 bits per heavy atom. The van der Waals surface area contributed by atoms with Gasteiger partial charge in [-0.15, -0.1) is 11.3 Å². The Morgan fingerprint density at radius 2 is 2.15 bits per heavy atom. The maximum absolute atomic E-state index is 12.8. The number of fused-ring (bicyclic) bond motifs is 1. The lowest BCUT2D eigenvalue weighted by Gasteiger charge is -2.02. The Bertz CT molecular complexity index is 1160. The van der Waals surface area contributed by atoms with Gasteiger partial charge in [-0.1, -0.05) is 29.3 Å². The van der Waals surface area contributed by atoms with Crippen molar-refractivity contribution in [1.29, 1.82) is 0 Å². The molecular weight excluding hydrogens is 409 g/mol. The highest BCUT2D eigenvalue weighted by Crippen LogP contribution is 2.22. The number of carbonyl (C=O) groups excluding carboxylic acids is 1. The minimum Gasteiger partial charge on any atom is -0.474 e. The number of imidazole rings is 1. The lowest BCUT2D eigenvalue weighted by Crippen LogP contribution is -2.33. The number of pyridine rings is 2. The number of hydrogen-bond donors (Lipinski definition) is 2. The highest BCUT2D eigenvalue weighted by Gasteiger charge is 2.31. The molecule has 4 rings (SSSR count). The summed E-state index contributed by atoms with van der Waals surface area (Å²) >= 11 is 13.1. The van der Waals surface area contributed by atoms with E-state index in [4.69, 9.17) is 23.2 Å². The number of halogens is 2. The van der Waals surface area contributed by atoms with Crippen LogP contribution in [0.1, 0.15) is 15.4 Å². The number of amides is 1. The van der Waals surface area contributed by atoms with E-state index in [0.717, 1.165) is 4.88 Å². The van der Waals surface area contributed by atoms with E-state index in [1.165, 1.54) is 23.6 Å². The number of carbonyl (C=O) groups is 1. The van der Waals surface area contributed by atoms with Gasteiger partial charge in [-0.3, -0.25) is 4.79 Å². The standard InChI is InChI=1S/C17H11Cl2N5O2S/c18-10-4-5-20-12(7-10)22-15(25)14-16(26)24(9-11-8-21-17(19)27-11)13-3-1-2-6-23(13)14/h1-8H,9H2,(H-,20,22,25,26)/p+1. The van der Waals surface area contributed by atoms with E-state index in [1.807, 2.05) is 6.07 Å². The summed E-state index contributed by atoms with van der Waals surface area (Å²) in [5.74, 6) is -0.395. The summed E-state index contributed by atoms with van der Waals surface area (Å²) in [5.41, 5.74) is 0.728. The zero-order valence-electron chi connectivity index (χ0n) is 13.6. The molecule has 136 valence electrons. The third-order valence-electron chi connectivity index (χ3n) is 3.84. The molecule has 0 atom stereocenters. The fraction of sp³-hybridized carbons (Fsp3) is 0.0588. The molecule has 0 fully saturated rings. The van der Waals surface area contributed by atoms with Crippen LogP contribution in [0.25, 0.3) is 5.65 Å². The molecule has 7 nitrogen and oxygen atoms in total. The highest BCUT2D eigenvalue weighted by molar-refractivity contribution is 7.15. The van der Waals surface area contributed by atoms with Crippen LogP contribution in [0.15, 0.2) is 48.9 Å². The number of hydrogen-bond acceptors (Lipinski definition) is 5. The summed E-state index contributed by atoms with van der Waals surface area (Å²) in [6, 6.07) is 8.53. The molecule has 0 aliphatic heterocycles. The van der Waals surface area contributed by atoms with Crippen molar-refractivity contribution in [1.82, 2.24) is 14.4 Å². The molecule has 27 heavy (non-hydrogen) atoms. The van der Waals surface area contributed by atoms with Crippen LogP contribution < -0.4 is 9.88 Å². The van der Waals surface area contributed by atoms with E-state index >= 15 is 0 Å². The van der Waals surface area contributed by atoms with Gasteiger partial charge >= 0.3 is 11.8 Å². The molecule has 10 heteroatoms. The van der Waals surface area contributed by atoms with Crippen LogP contribution in [0.4, 0.5) is 5.82 Å². The average Bonchev–Trinajstić information content (AvgIpc) is 3.17. The summed E-state index contributed by atoms with van der Waals surface area (Å²) in [6.07, 6.45) is 4.83. The first-order valence-corrected chi connectivity index (χ1v) is 9.35. The number of rotatable bonds is 4. The minimum absolute atomic E-state index is 0.0861. The third-order valence-corrected chi connectivity index (χ3v) is 5.18. The Morgan fingerprint density at radius 3 is 2.89 bits per heavy atom. The predicted molar refractivity (Wildman–Crippen MR) is 103 cm³/mol. The van der Waals surface area contributed by atoms with Crippen molar-refractivity contribution in [3.63, 3.8) is 0 Å². The normalized spacial score (nSPS) is 11.0. The van der Waals surface area contributed by atoms with Crippen LogP contribution in [-0.4, -0.2) is 25.4 Å². The zero-order chi connectivity index (χ0) is 19.0. The molecule has 4 heterocycles. The van der Waals surface area contributed by atoms with Crippen molar-refractivity contribution in [2.75, 3.05) is 5.32 Å². The Labute approximate surface area is 167 Å². The van der Waals surface area contributed by atoms with Crippen LogP contribution in [-0.2, 0) is 6.54 Å². The maximum Gasteiger partial charge on any atom is 0.337 e. The molecule has 0 radical (unpaired) electrons. The number of aromatic hydroxyl groups is 1. The lowest BCUT2D eigenvalue weighted by atomic mass is 10.3. The fourth-order valence-electron chi connectivity index (χ4n) is 2.72. The monoisotopic (exact) mass is 420 g/mol. The van der Waals surface area contributed by atoms with Crippen LogP contribution >= 0.6 is 34.5 Å². The molecule has 0 aliphatic rings. The van der Waals surface area contributed by atoms with E-state index < -0.39 is 5.91 Å². The van der Waals surface area contributed by atoms with Gasteiger partial charge in [0.15, 0.2) is 4.47 Å². The Balaban J connectivity index is 1.76.